The lowest BCUT2D eigenvalue weighted by molar-refractivity contribution is -0.133. The number of furan rings is 1. The third-order valence-corrected chi connectivity index (χ3v) is 2.38. The van der Waals surface area contributed by atoms with E-state index in [1.54, 1.807) is 11.2 Å². The largest absolute Gasteiger partial charge is 0.467 e. The Morgan fingerprint density at radius 2 is 2.35 bits per heavy atom. The Balaban J connectivity index is 2.31. The average molecular weight is 240 g/mol. The van der Waals surface area contributed by atoms with Crippen LogP contribution < -0.4 is 5.73 Å². The van der Waals surface area contributed by atoms with Gasteiger partial charge in [0.05, 0.1) is 32.4 Å². The molecule has 0 aliphatic rings. The third-order valence-electron chi connectivity index (χ3n) is 2.38. The van der Waals surface area contributed by atoms with E-state index in [2.05, 4.69) is 0 Å². The van der Waals surface area contributed by atoms with Crippen molar-refractivity contribution in [2.45, 2.75) is 19.9 Å². The van der Waals surface area contributed by atoms with E-state index in [1.807, 2.05) is 19.1 Å². The fourth-order valence-corrected chi connectivity index (χ4v) is 1.47. The molecule has 0 bridgehead atoms. The van der Waals surface area contributed by atoms with E-state index in [9.17, 15) is 4.79 Å². The summed E-state index contributed by atoms with van der Waals surface area (Å²) < 4.78 is 10.4. The number of nitrogens with zero attached hydrogens (tertiary/aromatic N) is 1. The summed E-state index contributed by atoms with van der Waals surface area (Å²) in [6.07, 6.45) is 1.99. The monoisotopic (exact) mass is 240 g/mol. The highest BCUT2D eigenvalue weighted by Crippen LogP contribution is 2.06. The summed E-state index contributed by atoms with van der Waals surface area (Å²) in [7, 11) is 0. The second-order valence-electron chi connectivity index (χ2n) is 3.64. The lowest BCUT2D eigenvalue weighted by atomic mass is 10.3. The zero-order valence-corrected chi connectivity index (χ0v) is 10.2. The molecule has 0 aliphatic carbocycles. The van der Waals surface area contributed by atoms with E-state index in [-0.39, 0.29) is 5.91 Å². The summed E-state index contributed by atoms with van der Waals surface area (Å²) in [6.45, 7) is 4.53. The Labute approximate surface area is 102 Å². The number of carbonyl (C=O) groups excluding carboxylic acids is 1. The van der Waals surface area contributed by atoms with Crippen molar-refractivity contribution < 1.29 is 13.9 Å². The molecule has 0 spiro atoms. The van der Waals surface area contributed by atoms with Crippen molar-refractivity contribution in [2.75, 3.05) is 26.3 Å². The summed E-state index contributed by atoms with van der Waals surface area (Å²) >= 11 is 0. The maximum atomic E-state index is 11.8. The quantitative estimate of drug-likeness (QED) is 0.688. The smallest absolute Gasteiger partial charge is 0.225 e. The molecule has 2 N–H and O–H groups in total. The van der Waals surface area contributed by atoms with Crippen molar-refractivity contribution in [3.05, 3.63) is 24.2 Å². The normalized spacial score (nSPS) is 10.5. The molecular weight excluding hydrogens is 220 g/mol. The van der Waals surface area contributed by atoms with Crippen molar-refractivity contribution in [1.82, 2.24) is 4.90 Å². The van der Waals surface area contributed by atoms with Gasteiger partial charge in [0.15, 0.2) is 0 Å². The van der Waals surface area contributed by atoms with Gasteiger partial charge in [-0.15, -0.1) is 0 Å². The van der Waals surface area contributed by atoms with E-state index in [1.165, 1.54) is 0 Å². The van der Waals surface area contributed by atoms with Gasteiger partial charge in [-0.1, -0.05) is 0 Å². The molecule has 1 rings (SSSR count). The van der Waals surface area contributed by atoms with E-state index < -0.39 is 0 Å². The van der Waals surface area contributed by atoms with Crippen LogP contribution in [0.15, 0.2) is 22.8 Å². The second-order valence-corrected chi connectivity index (χ2v) is 3.64. The van der Waals surface area contributed by atoms with Crippen molar-refractivity contribution in [1.29, 1.82) is 0 Å². The zero-order valence-electron chi connectivity index (χ0n) is 10.2. The molecule has 0 radical (unpaired) electrons. The van der Waals surface area contributed by atoms with Crippen LogP contribution in [-0.4, -0.2) is 37.1 Å². The van der Waals surface area contributed by atoms with Crippen molar-refractivity contribution in [2.24, 2.45) is 5.73 Å². The van der Waals surface area contributed by atoms with Crippen LogP contribution in [0.3, 0.4) is 0 Å². The van der Waals surface area contributed by atoms with Crippen LogP contribution in [0, 0.1) is 0 Å². The van der Waals surface area contributed by atoms with Crippen molar-refractivity contribution >= 4 is 5.91 Å². The summed E-state index contributed by atoms with van der Waals surface area (Å²) in [5.74, 6) is 0.865. The van der Waals surface area contributed by atoms with Gasteiger partial charge in [-0.3, -0.25) is 4.79 Å². The van der Waals surface area contributed by atoms with Gasteiger partial charge in [-0.2, -0.15) is 0 Å². The molecule has 0 fully saturated rings. The number of hydrogen-bond acceptors (Lipinski definition) is 4. The molecule has 1 aromatic rings. The highest BCUT2D eigenvalue weighted by molar-refractivity contribution is 5.76. The Kier molecular flexibility index (Phi) is 6.35. The number of amides is 1. The molecule has 5 heteroatoms. The fraction of sp³-hybridized carbons (Fsp3) is 0.583. The number of hydrogen-bond donors (Lipinski definition) is 1. The lowest BCUT2D eigenvalue weighted by Gasteiger charge is -2.19. The molecular formula is C12H20N2O3. The van der Waals surface area contributed by atoms with Crippen LogP contribution in [0.4, 0.5) is 0 Å². The molecule has 96 valence electrons. The average Bonchev–Trinajstić information content (AvgIpc) is 2.84. The Hall–Kier alpha value is -1.33. The molecule has 0 aliphatic heterocycles. The SMILES string of the molecule is CCN(Cc1ccco1)C(=O)CCOCCN. The van der Waals surface area contributed by atoms with Gasteiger partial charge in [-0.25, -0.2) is 0 Å². The summed E-state index contributed by atoms with van der Waals surface area (Å²) in [5, 5.41) is 0. The molecule has 5 nitrogen and oxygen atoms in total. The predicted octanol–water partition coefficient (Wildman–Crippen LogP) is 0.994. The standard InChI is InChI=1S/C12H20N2O3/c1-2-14(10-11-4-3-7-17-11)12(15)5-8-16-9-6-13/h3-4,7H,2,5-6,8-10,13H2,1H3. The minimum atomic E-state index is 0.0703. The van der Waals surface area contributed by atoms with E-state index >= 15 is 0 Å². The molecule has 0 saturated heterocycles. The maximum Gasteiger partial charge on any atom is 0.225 e. The van der Waals surface area contributed by atoms with E-state index in [4.69, 9.17) is 14.9 Å². The molecule has 1 amide bonds. The predicted molar refractivity (Wildman–Crippen MR) is 64.3 cm³/mol. The van der Waals surface area contributed by atoms with Crippen LogP contribution in [0.25, 0.3) is 0 Å². The van der Waals surface area contributed by atoms with Gasteiger partial charge in [-0.05, 0) is 19.1 Å². The molecule has 0 atom stereocenters. The van der Waals surface area contributed by atoms with Crippen LogP contribution in [0.5, 0.6) is 0 Å². The topological polar surface area (TPSA) is 68.7 Å². The molecule has 17 heavy (non-hydrogen) atoms. The zero-order chi connectivity index (χ0) is 12.5. The van der Waals surface area contributed by atoms with Crippen LogP contribution in [0.1, 0.15) is 19.1 Å². The minimum absolute atomic E-state index is 0.0703. The van der Waals surface area contributed by atoms with Gasteiger partial charge < -0.3 is 19.8 Å². The van der Waals surface area contributed by atoms with Gasteiger partial charge in [0.1, 0.15) is 5.76 Å². The minimum Gasteiger partial charge on any atom is -0.467 e. The number of nitrogens with two attached hydrogens (primary N) is 1. The highest BCUT2D eigenvalue weighted by atomic mass is 16.5. The third kappa shape index (κ3) is 5.01. The van der Waals surface area contributed by atoms with E-state index in [0.717, 1.165) is 5.76 Å². The number of carbonyl (C=O) groups is 1. The summed E-state index contributed by atoms with van der Waals surface area (Å²) in [4.78, 5) is 13.6. The first-order chi connectivity index (χ1) is 8.27. The second kappa shape index (κ2) is 7.86. The van der Waals surface area contributed by atoms with Crippen LogP contribution >= 0.6 is 0 Å². The Morgan fingerprint density at radius 1 is 1.53 bits per heavy atom. The van der Waals surface area contributed by atoms with E-state index in [0.29, 0.717) is 39.3 Å². The molecule has 0 saturated carbocycles. The maximum absolute atomic E-state index is 11.8. The molecule has 1 aromatic heterocycles. The van der Waals surface area contributed by atoms with Crippen LogP contribution in [0.2, 0.25) is 0 Å². The van der Waals surface area contributed by atoms with Gasteiger partial charge >= 0.3 is 0 Å². The van der Waals surface area contributed by atoms with Crippen molar-refractivity contribution in [3.63, 3.8) is 0 Å². The van der Waals surface area contributed by atoms with Gasteiger partial charge in [0.2, 0.25) is 5.91 Å². The van der Waals surface area contributed by atoms with Gasteiger partial charge in [0, 0.05) is 13.1 Å². The van der Waals surface area contributed by atoms with Crippen molar-refractivity contribution in [3.8, 4) is 0 Å². The lowest BCUT2D eigenvalue weighted by Crippen LogP contribution is -2.31. The summed E-state index contributed by atoms with van der Waals surface area (Å²) in [5.41, 5.74) is 5.29. The van der Waals surface area contributed by atoms with Gasteiger partial charge in [0.25, 0.3) is 0 Å². The number of rotatable bonds is 8. The van der Waals surface area contributed by atoms with Crippen LogP contribution in [-0.2, 0) is 16.1 Å². The first-order valence-electron chi connectivity index (χ1n) is 5.86. The number of ether oxygens (including phenoxy) is 1. The first-order valence-corrected chi connectivity index (χ1v) is 5.86. The first kappa shape index (κ1) is 13.7. The fourth-order valence-electron chi connectivity index (χ4n) is 1.47. The summed E-state index contributed by atoms with van der Waals surface area (Å²) in [6, 6.07) is 3.68. The molecule has 1 heterocycles. The Morgan fingerprint density at radius 3 is 2.94 bits per heavy atom. The Bertz CT molecular complexity index is 312. The molecule has 0 unspecified atom stereocenters. The molecule has 0 aromatic carbocycles. The highest BCUT2D eigenvalue weighted by Gasteiger charge is 2.12.